The van der Waals surface area contributed by atoms with E-state index in [-0.39, 0.29) is 18.7 Å². The number of nitrogens with zero attached hydrogens (tertiary/aromatic N) is 3. The van der Waals surface area contributed by atoms with Crippen molar-refractivity contribution in [1.29, 1.82) is 0 Å². The van der Waals surface area contributed by atoms with Crippen molar-refractivity contribution in [2.24, 2.45) is 0 Å². The lowest BCUT2D eigenvalue weighted by molar-refractivity contribution is 0.174. The number of hydrogen-bond donors (Lipinski definition) is 1. The highest BCUT2D eigenvalue weighted by atomic mass is 35.5. The van der Waals surface area contributed by atoms with Gasteiger partial charge in [-0.15, -0.1) is 0 Å². The first-order valence-electron chi connectivity index (χ1n) is 9.71. The Balaban J connectivity index is 1.19. The lowest BCUT2D eigenvalue weighted by Crippen LogP contribution is -2.40. The number of fused-ring (bicyclic) bond motifs is 1. The maximum absolute atomic E-state index is 12.6. The van der Waals surface area contributed by atoms with E-state index in [9.17, 15) is 4.79 Å². The second kappa shape index (κ2) is 7.87. The normalized spacial score (nSPS) is 16.0. The van der Waals surface area contributed by atoms with E-state index in [2.05, 4.69) is 15.5 Å². The molecule has 9 heteroatoms. The van der Waals surface area contributed by atoms with Crippen molar-refractivity contribution in [1.82, 2.24) is 15.0 Å². The molecule has 0 unspecified atom stereocenters. The summed E-state index contributed by atoms with van der Waals surface area (Å²) < 4.78 is 16.1. The van der Waals surface area contributed by atoms with Gasteiger partial charge in [0.15, 0.2) is 11.5 Å². The summed E-state index contributed by atoms with van der Waals surface area (Å²) in [4.78, 5) is 18.9. The second-order valence-corrected chi connectivity index (χ2v) is 7.60. The third-order valence-electron chi connectivity index (χ3n) is 5.31. The number of carbonyl (C=O) groups excluding carboxylic acids is 1. The monoisotopic (exact) mass is 426 g/mol. The number of urea groups is 1. The minimum Gasteiger partial charge on any atom is -0.454 e. The fourth-order valence-electron chi connectivity index (χ4n) is 3.66. The van der Waals surface area contributed by atoms with Gasteiger partial charge in [0.2, 0.25) is 18.5 Å². The van der Waals surface area contributed by atoms with Gasteiger partial charge in [0.1, 0.15) is 0 Å². The van der Waals surface area contributed by atoms with Gasteiger partial charge in [-0.25, -0.2) is 4.79 Å². The first-order chi connectivity index (χ1) is 14.7. The van der Waals surface area contributed by atoms with E-state index >= 15 is 0 Å². The number of hydrogen-bond acceptors (Lipinski definition) is 6. The topological polar surface area (TPSA) is 89.7 Å². The molecule has 2 aliphatic heterocycles. The first kappa shape index (κ1) is 18.7. The molecule has 30 heavy (non-hydrogen) atoms. The van der Waals surface area contributed by atoms with Crippen molar-refractivity contribution in [3.63, 3.8) is 0 Å². The average molecular weight is 427 g/mol. The van der Waals surface area contributed by atoms with Crippen LogP contribution in [-0.4, -0.2) is 41.0 Å². The maximum atomic E-state index is 12.6. The van der Waals surface area contributed by atoms with Crippen LogP contribution in [0.1, 0.15) is 24.7 Å². The number of halogens is 1. The number of carbonyl (C=O) groups is 1. The van der Waals surface area contributed by atoms with Crippen molar-refractivity contribution in [3.8, 4) is 22.9 Å². The number of likely N-dealkylation sites (tertiary alicyclic amines) is 1. The van der Waals surface area contributed by atoms with E-state index in [1.807, 2.05) is 18.2 Å². The lowest BCUT2D eigenvalue weighted by atomic mass is 9.97. The van der Waals surface area contributed by atoms with E-state index in [0.29, 0.717) is 47.0 Å². The number of amides is 2. The molecule has 0 atom stereocenters. The lowest BCUT2D eigenvalue weighted by Gasteiger charge is -2.30. The highest BCUT2D eigenvalue weighted by Crippen LogP contribution is 2.35. The summed E-state index contributed by atoms with van der Waals surface area (Å²) in [6.45, 7) is 1.41. The summed E-state index contributed by atoms with van der Waals surface area (Å²) in [5.41, 5.74) is 1.42. The highest BCUT2D eigenvalue weighted by molar-refractivity contribution is 6.33. The summed E-state index contributed by atoms with van der Waals surface area (Å²) in [6, 6.07) is 12.6. The number of aromatic nitrogens is 2. The van der Waals surface area contributed by atoms with Gasteiger partial charge in [0.25, 0.3) is 0 Å². The first-order valence-corrected chi connectivity index (χ1v) is 10.1. The summed E-state index contributed by atoms with van der Waals surface area (Å²) in [5.74, 6) is 2.50. The Hall–Kier alpha value is -3.26. The van der Waals surface area contributed by atoms with Crippen LogP contribution in [0, 0.1) is 0 Å². The largest absolute Gasteiger partial charge is 0.454 e. The van der Waals surface area contributed by atoms with Gasteiger partial charge in [-0.2, -0.15) is 4.98 Å². The molecule has 0 radical (unpaired) electrons. The number of nitrogens with one attached hydrogen (secondary N) is 1. The van der Waals surface area contributed by atoms with Crippen molar-refractivity contribution in [3.05, 3.63) is 53.4 Å². The molecule has 8 nitrogen and oxygen atoms in total. The number of benzene rings is 2. The van der Waals surface area contributed by atoms with Crippen molar-refractivity contribution in [2.45, 2.75) is 18.8 Å². The van der Waals surface area contributed by atoms with Crippen molar-refractivity contribution >= 4 is 23.3 Å². The van der Waals surface area contributed by atoms with Gasteiger partial charge >= 0.3 is 6.03 Å². The Morgan fingerprint density at radius 1 is 1.10 bits per heavy atom. The average Bonchev–Trinajstić information content (AvgIpc) is 3.43. The Kier molecular flexibility index (Phi) is 4.92. The van der Waals surface area contributed by atoms with Gasteiger partial charge in [-0.3, -0.25) is 0 Å². The molecule has 5 rings (SSSR count). The third-order valence-corrected chi connectivity index (χ3v) is 5.64. The molecule has 2 amide bonds. The van der Waals surface area contributed by atoms with Crippen LogP contribution in [0.4, 0.5) is 10.5 Å². The fourth-order valence-corrected chi connectivity index (χ4v) is 3.88. The zero-order valence-corrected chi connectivity index (χ0v) is 16.8. The van der Waals surface area contributed by atoms with Gasteiger partial charge in [0.05, 0.1) is 5.02 Å². The number of anilines is 1. The van der Waals surface area contributed by atoms with E-state index in [1.54, 1.807) is 29.2 Å². The quantitative estimate of drug-likeness (QED) is 0.661. The van der Waals surface area contributed by atoms with E-state index in [0.717, 1.165) is 18.4 Å². The summed E-state index contributed by atoms with van der Waals surface area (Å²) in [5, 5.41) is 7.57. The molecule has 1 aromatic heterocycles. The highest BCUT2D eigenvalue weighted by Gasteiger charge is 2.28. The molecule has 0 saturated carbocycles. The maximum Gasteiger partial charge on any atom is 0.321 e. The van der Waals surface area contributed by atoms with Crippen LogP contribution in [0.25, 0.3) is 11.4 Å². The van der Waals surface area contributed by atoms with Crippen LogP contribution in [0.2, 0.25) is 5.02 Å². The molecule has 2 aliphatic rings. The molecule has 1 saturated heterocycles. The minimum absolute atomic E-state index is 0.114. The van der Waals surface area contributed by atoms with Gasteiger partial charge in [-0.1, -0.05) is 28.9 Å². The smallest absolute Gasteiger partial charge is 0.321 e. The van der Waals surface area contributed by atoms with Crippen LogP contribution in [0.3, 0.4) is 0 Å². The van der Waals surface area contributed by atoms with Crippen molar-refractivity contribution < 1.29 is 18.8 Å². The third kappa shape index (κ3) is 3.66. The molecule has 1 fully saturated rings. The molecular formula is C21H19ClN4O4. The molecule has 154 valence electrons. The predicted molar refractivity (Wildman–Crippen MR) is 110 cm³/mol. The van der Waals surface area contributed by atoms with Crippen LogP contribution in [-0.2, 0) is 0 Å². The molecule has 3 aromatic rings. The van der Waals surface area contributed by atoms with Gasteiger partial charge in [-0.05, 0) is 37.1 Å². The van der Waals surface area contributed by atoms with E-state index < -0.39 is 0 Å². The molecule has 0 spiro atoms. The Morgan fingerprint density at radius 3 is 2.73 bits per heavy atom. The Morgan fingerprint density at radius 2 is 1.90 bits per heavy atom. The number of rotatable bonds is 3. The molecule has 0 bridgehead atoms. The Bertz CT molecular complexity index is 1080. The van der Waals surface area contributed by atoms with Crippen molar-refractivity contribution in [2.75, 3.05) is 25.2 Å². The zero-order valence-electron chi connectivity index (χ0n) is 16.0. The number of piperidine rings is 1. The predicted octanol–water partition coefficient (Wildman–Crippen LogP) is 4.53. The molecule has 1 N–H and O–H groups in total. The second-order valence-electron chi connectivity index (χ2n) is 7.20. The van der Waals surface area contributed by atoms with Crippen LogP contribution < -0.4 is 14.8 Å². The minimum atomic E-state index is -0.144. The number of ether oxygens (including phenoxy) is 2. The molecule has 2 aromatic carbocycles. The SMILES string of the molecule is O=C(Nc1ccc2c(c1)OCO2)N1CCC(c2nc(-c3ccccc3Cl)no2)CC1. The van der Waals surface area contributed by atoms with Crippen LogP contribution in [0.15, 0.2) is 47.0 Å². The molecule has 0 aliphatic carbocycles. The van der Waals surface area contributed by atoms with Crippen LogP contribution in [0.5, 0.6) is 11.5 Å². The van der Waals surface area contributed by atoms with Gasteiger partial charge in [0, 0.05) is 36.3 Å². The molecule has 3 heterocycles. The Labute approximate surface area is 177 Å². The van der Waals surface area contributed by atoms with Gasteiger partial charge < -0.3 is 24.2 Å². The summed E-state index contributed by atoms with van der Waals surface area (Å²) >= 11 is 6.22. The standard InChI is InChI=1S/C21H19ClN4O4/c22-16-4-2-1-3-15(16)19-24-20(30-25-19)13-7-9-26(10-8-13)21(27)23-14-5-6-17-18(11-14)29-12-28-17/h1-6,11,13H,7-10,12H2,(H,23,27). The molecular weight excluding hydrogens is 408 g/mol. The summed E-state index contributed by atoms with van der Waals surface area (Å²) in [6.07, 6.45) is 1.50. The van der Waals surface area contributed by atoms with E-state index in [4.69, 9.17) is 25.6 Å². The van der Waals surface area contributed by atoms with Crippen LogP contribution >= 0.6 is 11.6 Å². The van der Waals surface area contributed by atoms with E-state index in [1.165, 1.54) is 0 Å². The zero-order chi connectivity index (χ0) is 20.5. The summed E-state index contributed by atoms with van der Waals surface area (Å²) in [7, 11) is 0. The fraction of sp³-hybridized carbons (Fsp3) is 0.286.